The topological polar surface area (TPSA) is 38.7 Å². The lowest BCUT2D eigenvalue weighted by Gasteiger charge is -2.11. The Balaban J connectivity index is 1.80. The molecule has 0 N–H and O–H groups in total. The van der Waals surface area contributed by atoms with Gasteiger partial charge < -0.3 is 0 Å². The van der Waals surface area contributed by atoms with Gasteiger partial charge in [-0.15, -0.1) is 0 Å². The van der Waals surface area contributed by atoms with Crippen LogP contribution in [-0.2, 0) is 6.42 Å². The number of nitrogens with zero attached hydrogens (tertiary/aromatic N) is 3. The maximum atomic E-state index is 4.96. The van der Waals surface area contributed by atoms with Crippen LogP contribution in [0.3, 0.4) is 0 Å². The summed E-state index contributed by atoms with van der Waals surface area (Å²) in [6.45, 7) is 0. The van der Waals surface area contributed by atoms with Gasteiger partial charge in [-0.2, -0.15) is 0 Å². The molecule has 0 bridgehead atoms. The van der Waals surface area contributed by atoms with Crippen molar-refractivity contribution in [2.45, 2.75) is 6.42 Å². The average molecular weight is 321 g/mol. The van der Waals surface area contributed by atoms with Gasteiger partial charge in [-0.3, -0.25) is 9.97 Å². The van der Waals surface area contributed by atoms with Crippen LogP contribution in [0.25, 0.3) is 33.9 Å². The normalized spacial score (nSPS) is 11.8. The van der Waals surface area contributed by atoms with Gasteiger partial charge in [-0.05, 0) is 41.5 Å². The molecule has 3 heterocycles. The van der Waals surface area contributed by atoms with E-state index in [1.165, 1.54) is 16.7 Å². The summed E-state index contributed by atoms with van der Waals surface area (Å²) in [4.78, 5) is 14.0. The highest BCUT2D eigenvalue weighted by atomic mass is 14.8. The van der Waals surface area contributed by atoms with Gasteiger partial charge in [0.1, 0.15) is 0 Å². The number of rotatable bonds is 2. The van der Waals surface area contributed by atoms with E-state index in [1.54, 1.807) is 6.20 Å². The molecule has 0 radical (unpaired) electrons. The third-order valence-electron chi connectivity index (χ3n) is 4.63. The van der Waals surface area contributed by atoms with E-state index in [9.17, 15) is 0 Å². The van der Waals surface area contributed by atoms with E-state index in [-0.39, 0.29) is 0 Å². The molecule has 0 spiro atoms. The lowest BCUT2D eigenvalue weighted by atomic mass is 10.0. The monoisotopic (exact) mass is 321 g/mol. The summed E-state index contributed by atoms with van der Waals surface area (Å²) >= 11 is 0. The van der Waals surface area contributed by atoms with Crippen molar-refractivity contribution in [3.8, 4) is 33.9 Å². The first-order chi connectivity index (χ1) is 12.4. The van der Waals surface area contributed by atoms with E-state index in [0.29, 0.717) is 0 Å². The van der Waals surface area contributed by atoms with Crippen LogP contribution in [0, 0.1) is 0 Å². The van der Waals surface area contributed by atoms with Crippen molar-refractivity contribution in [1.82, 2.24) is 15.0 Å². The average Bonchev–Trinajstić information content (AvgIpc) is 3.07. The predicted octanol–water partition coefficient (Wildman–Crippen LogP) is 4.78. The van der Waals surface area contributed by atoms with Crippen molar-refractivity contribution >= 4 is 0 Å². The number of aromatic nitrogens is 3. The minimum atomic E-state index is 0.881. The van der Waals surface area contributed by atoms with E-state index in [0.717, 1.165) is 34.8 Å². The maximum absolute atomic E-state index is 4.96. The van der Waals surface area contributed by atoms with Gasteiger partial charge in [0, 0.05) is 29.9 Å². The molecule has 1 aliphatic carbocycles. The number of hydrogen-bond donors (Lipinski definition) is 0. The Morgan fingerprint density at radius 2 is 1.36 bits per heavy atom. The highest BCUT2D eigenvalue weighted by Gasteiger charge is 2.24. The molecule has 0 fully saturated rings. The summed E-state index contributed by atoms with van der Waals surface area (Å²) < 4.78 is 0. The fraction of sp³-hybridized carbons (Fsp3) is 0.0455. The second-order valence-corrected chi connectivity index (χ2v) is 6.15. The van der Waals surface area contributed by atoms with Gasteiger partial charge in [0.25, 0.3) is 0 Å². The molecule has 0 atom stereocenters. The molecule has 0 unspecified atom stereocenters. The standard InChI is InChI=1S/C22H15N3/c1-2-8-16-15(7-1)13-18-17(19-9-3-5-11-23-19)14-21(25-22(16)18)20-10-4-6-12-24-20/h1-12,14H,13H2. The third-order valence-corrected chi connectivity index (χ3v) is 4.63. The van der Waals surface area contributed by atoms with Crippen LogP contribution in [0.4, 0.5) is 0 Å². The zero-order chi connectivity index (χ0) is 16.6. The van der Waals surface area contributed by atoms with Gasteiger partial charge in [0.15, 0.2) is 0 Å². The summed E-state index contributed by atoms with van der Waals surface area (Å²) in [7, 11) is 0. The van der Waals surface area contributed by atoms with Crippen molar-refractivity contribution in [2.75, 3.05) is 0 Å². The van der Waals surface area contributed by atoms with Gasteiger partial charge >= 0.3 is 0 Å². The van der Waals surface area contributed by atoms with Crippen LogP contribution < -0.4 is 0 Å². The molecule has 1 aromatic carbocycles. The maximum Gasteiger partial charge on any atom is 0.0900 e. The van der Waals surface area contributed by atoms with Gasteiger partial charge in [-0.25, -0.2) is 4.98 Å². The van der Waals surface area contributed by atoms with Crippen molar-refractivity contribution in [3.05, 3.63) is 90.3 Å². The second kappa shape index (κ2) is 5.64. The van der Waals surface area contributed by atoms with E-state index >= 15 is 0 Å². The Hall–Kier alpha value is -3.33. The summed E-state index contributed by atoms with van der Waals surface area (Å²) in [5.41, 5.74) is 8.73. The van der Waals surface area contributed by atoms with Gasteiger partial charge in [-0.1, -0.05) is 36.4 Å². The summed E-state index contributed by atoms with van der Waals surface area (Å²) in [5, 5.41) is 0. The van der Waals surface area contributed by atoms with Crippen LogP contribution >= 0.6 is 0 Å². The number of fused-ring (bicyclic) bond motifs is 3. The summed E-state index contributed by atoms with van der Waals surface area (Å²) in [6, 6.07) is 22.6. The minimum absolute atomic E-state index is 0.881. The molecule has 0 saturated heterocycles. The van der Waals surface area contributed by atoms with E-state index in [1.807, 2.05) is 36.5 Å². The van der Waals surface area contributed by atoms with E-state index in [2.05, 4.69) is 46.4 Å². The molecular weight excluding hydrogens is 306 g/mol. The summed E-state index contributed by atoms with van der Waals surface area (Å²) in [6.07, 6.45) is 4.54. The Morgan fingerprint density at radius 3 is 2.12 bits per heavy atom. The third kappa shape index (κ3) is 2.32. The summed E-state index contributed by atoms with van der Waals surface area (Å²) in [5.74, 6) is 0. The first-order valence-electron chi connectivity index (χ1n) is 8.35. The quantitative estimate of drug-likeness (QED) is 0.470. The number of benzene rings is 1. The largest absolute Gasteiger partial charge is 0.256 e. The lowest BCUT2D eigenvalue weighted by Crippen LogP contribution is -1.96. The molecule has 118 valence electrons. The van der Waals surface area contributed by atoms with Crippen LogP contribution in [0.2, 0.25) is 0 Å². The molecular formula is C22H15N3. The molecule has 5 rings (SSSR count). The fourth-order valence-corrected chi connectivity index (χ4v) is 3.47. The molecule has 0 amide bonds. The smallest absolute Gasteiger partial charge is 0.0900 e. The number of pyridine rings is 3. The minimum Gasteiger partial charge on any atom is -0.256 e. The molecule has 0 aliphatic heterocycles. The van der Waals surface area contributed by atoms with Crippen LogP contribution in [0.15, 0.2) is 79.1 Å². The molecule has 3 heteroatoms. The predicted molar refractivity (Wildman–Crippen MR) is 98.9 cm³/mol. The molecule has 3 aromatic heterocycles. The highest BCUT2D eigenvalue weighted by Crippen LogP contribution is 2.41. The zero-order valence-corrected chi connectivity index (χ0v) is 13.6. The second-order valence-electron chi connectivity index (χ2n) is 6.15. The van der Waals surface area contributed by atoms with Gasteiger partial charge in [0.2, 0.25) is 0 Å². The first-order valence-corrected chi connectivity index (χ1v) is 8.35. The number of hydrogen-bond acceptors (Lipinski definition) is 3. The Kier molecular flexibility index (Phi) is 3.17. The van der Waals surface area contributed by atoms with Crippen molar-refractivity contribution in [2.24, 2.45) is 0 Å². The van der Waals surface area contributed by atoms with Crippen LogP contribution in [0.5, 0.6) is 0 Å². The van der Waals surface area contributed by atoms with Crippen molar-refractivity contribution in [1.29, 1.82) is 0 Å². The molecule has 4 aromatic rings. The lowest BCUT2D eigenvalue weighted by molar-refractivity contribution is 1.19. The Labute approximate surface area is 146 Å². The SMILES string of the molecule is c1ccc(-c2cc(-c3ccccn3)c3c(n2)-c2ccccc2C3)nc1. The Morgan fingerprint density at radius 1 is 0.640 bits per heavy atom. The van der Waals surface area contributed by atoms with E-state index in [4.69, 9.17) is 4.98 Å². The first kappa shape index (κ1) is 14.1. The molecule has 25 heavy (non-hydrogen) atoms. The van der Waals surface area contributed by atoms with E-state index < -0.39 is 0 Å². The van der Waals surface area contributed by atoms with Crippen molar-refractivity contribution in [3.63, 3.8) is 0 Å². The molecule has 3 nitrogen and oxygen atoms in total. The Bertz CT molecular complexity index is 1060. The fourth-order valence-electron chi connectivity index (χ4n) is 3.47. The molecule has 1 aliphatic rings. The van der Waals surface area contributed by atoms with Crippen molar-refractivity contribution < 1.29 is 0 Å². The van der Waals surface area contributed by atoms with Crippen LogP contribution in [-0.4, -0.2) is 15.0 Å². The zero-order valence-electron chi connectivity index (χ0n) is 13.6. The van der Waals surface area contributed by atoms with Crippen LogP contribution in [0.1, 0.15) is 11.1 Å². The highest BCUT2D eigenvalue weighted by molar-refractivity contribution is 5.84. The molecule has 0 saturated carbocycles. The van der Waals surface area contributed by atoms with Gasteiger partial charge in [0.05, 0.1) is 22.8 Å².